The highest BCUT2D eigenvalue weighted by atomic mass is 79.9. The molecule has 0 saturated heterocycles. The summed E-state index contributed by atoms with van der Waals surface area (Å²) in [7, 11) is -3.52. The van der Waals surface area contributed by atoms with E-state index in [1.54, 1.807) is 12.1 Å². The lowest BCUT2D eigenvalue weighted by Crippen LogP contribution is -2.55. The molecule has 1 heterocycles. The van der Waals surface area contributed by atoms with E-state index in [1.165, 1.54) is 13.1 Å². The Morgan fingerprint density at radius 1 is 1.24 bits per heavy atom. The first kappa shape index (κ1) is 18.0. The Hall–Kier alpha value is -1.84. The van der Waals surface area contributed by atoms with Crippen LogP contribution in [0, 0.1) is 11.6 Å². The lowest BCUT2D eigenvalue weighted by Gasteiger charge is -2.34. The number of aliphatic hydroxyl groups is 1. The maximum absolute atomic E-state index is 14.1. The van der Waals surface area contributed by atoms with E-state index in [0.717, 1.165) is 23.1 Å². The second-order valence-electron chi connectivity index (χ2n) is 5.56. The summed E-state index contributed by atoms with van der Waals surface area (Å²) in [6.07, 6.45) is -1.75. The minimum atomic E-state index is -4.81. The number of sulfone groups is 1. The number of benzene rings is 2. The van der Waals surface area contributed by atoms with Gasteiger partial charge in [-0.3, -0.25) is 4.79 Å². The molecule has 1 aliphatic heterocycles. The van der Waals surface area contributed by atoms with E-state index < -0.39 is 37.3 Å². The van der Waals surface area contributed by atoms with Crippen LogP contribution in [-0.2, 0) is 14.6 Å². The van der Waals surface area contributed by atoms with Crippen molar-refractivity contribution in [3.8, 4) is 0 Å². The van der Waals surface area contributed by atoms with Crippen molar-refractivity contribution in [2.24, 2.45) is 0 Å². The second-order valence-corrected chi connectivity index (χ2v) is 8.51. The van der Waals surface area contributed by atoms with Gasteiger partial charge < -0.3 is 10.0 Å². The molecule has 3 rings (SSSR count). The molecule has 0 amide bonds. The summed E-state index contributed by atoms with van der Waals surface area (Å²) >= 11 is 3.21. The quantitative estimate of drug-likeness (QED) is 0.755. The summed E-state index contributed by atoms with van der Waals surface area (Å²) in [5.74, 6) is -2.96. The minimum Gasteiger partial charge on any atom is -0.384 e. The maximum Gasteiger partial charge on any atom is 0.233 e. The van der Waals surface area contributed by atoms with Crippen LogP contribution in [0.15, 0.2) is 45.8 Å². The average molecular weight is 432 g/mol. The summed E-state index contributed by atoms with van der Waals surface area (Å²) in [5.41, 5.74) is 0.465. The van der Waals surface area contributed by atoms with Crippen LogP contribution < -0.4 is 4.90 Å². The molecule has 25 heavy (non-hydrogen) atoms. The summed E-state index contributed by atoms with van der Waals surface area (Å²) in [5, 5.41) is 10.7. The molecule has 0 saturated carbocycles. The first-order valence-electron chi connectivity index (χ1n) is 7.05. The third-order valence-electron chi connectivity index (χ3n) is 4.39. The molecule has 2 unspecified atom stereocenters. The fraction of sp³-hybridized carbons (Fsp3) is 0.188. The molecule has 2 atom stereocenters. The molecular formula is C16H12BrF2NO4S. The molecule has 1 aliphatic rings. The van der Waals surface area contributed by atoms with Gasteiger partial charge in [0.15, 0.2) is 17.9 Å². The standard InChI is InChI=1S/C16H12BrF2NO4S/c1-20-11-6-2-4-9(17)13(11)15(22)16(20,8-21)25(23,24)12-7-3-5-10(18)14(12)19/h2-8,15,22H,1H3. The lowest BCUT2D eigenvalue weighted by molar-refractivity contribution is -0.112. The fourth-order valence-electron chi connectivity index (χ4n) is 3.07. The molecule has 0 bridgehead atoms. The van der Waals surface area contributed by atoms with Crippen molar-refractivity contribution in [3.63, 3.8) is 0 Å². The van der Waals surface area contributed by atoms with E-state index >= 15 is 0 Å². The summed E-state index contributed by atoms with van der Waals surface area (Å²) < 4.78 is 54.3. The van der Waals surface area contributed by atoms with Gasteiger partial charge in [0, 0.05) is 22.8 Å². The van der Waals surface area contributed by atoms with Gasteiger partial charge in [0.1, 0.15) is 11.0 Å². The van der Waals surface area contributed by atoms with Crippen LogP contribution in [0.1, 0.15) is 11.7 Å². The van der Waals surface area contributed by atoms with Gasteiger partial charge in [0.2, 0.25) is 14.7 Å². The largest absolute Gasteiger partial charge is 0.384 e. The number of halogens is 3. The topological polar surface area (TPSA) is 74.7 Å². The molecule has 0 aliphatic carbocycles. The van der Waals surface area contributed by atoms with Crippen molar-refractivity contribution in [3.05, 3.63) is 58.1 Å². The van der Waals surface area contributed by atoms with Gasteiger partial charge in [-0.05, 0) is 24.3 Å². The maximum atomic E-state index is 14.1. The number of nitrogens with zero attached hydrogens (tertiary/aromatic N) is 1. The van der Waals surface area contributed by atoms with Crippen molar-refractivity contribution in [2.45, 2.75) is 15.9 Å². The predicted octanol–water partition coefficient (Wildman–Crippen LogP) is 2.58. The highest BCUT2D eigenvalue weighted by Gasteiger charge is 2.61. The minimum absolute atomic E-state index is 0.0454. The predicted molar refractivity (Wildman–Crippen MR) is 89.8 cm³/mol. The van der Waals surface area contributed by atoms with Crippen molar-refractivity contribution < 1.29 is 27.1 Å². The van der Waals surface area contributed by atoms with Crippen LogP contribution >= 0.6 is 15.9 Å². The van der Waals surface area contributed by atoms with E-state index in [4.69, 9.17) is 0 Å². The first-order valence-corrected chi connectivity index (χ1v) is 9.33. The number of likely N-dealkylation sites (N-methyl/N-ethyl adjacent to an activating group) is 1. The van der Waals surface area contributed by atoms with Gasteiger partial charge in [0.25, 0.3) is 0 Å². The van der Waals surface area contributed by atoms with E-state index in [0.29, 0.717) is 4.47 Å². The molecule has 9 heteroatoms. The van der Waals surface area contributed by atoms with Crippen LogP contribution in [0.5, 0.6) is 0 Å². The molecule has 0 spiro atoms. The number of aliphatic hydroxyl groups excluding tert-OH is 1. The van der Waals surface area contributed by atoms with Crippen molar-refractivity contribution >= 4 is 37.7 Å². The second kappa shape index (κ2) is 5.86. The third-order valence-corrected chi connectivity index (χ3v) is 7.43. The molecule has 0 aromatic heterocycles. The highest BCUT2D eigenvalue weighted by Crippen LogP contribution is 2.51. The van der Waals surface area contributed by atoms with Gasteiger partial charge in [-0.25, -0.2) is 17.2 Å². The number of anilines is 1. The van der Waals surface area contributed by atoms with Gasteiger partial charge in [-0.2, -0.15) is 0 Å². The molecule has 132 valence electrons. The number of hydrogen-bond acceptors (Lipinski definition) is 5. The Morgan fingerprint density at radius 2 is 1.88 bits per heavy atom. The third kappa shape index (κ3) is 2.19. The number of carbonyl (C=O) groups is 1. The highest BCUT2D eigenvalue weighted by molar-refractivity contribution is 9.10. The number of aldehydes is 1. The van der Waals surface area contributed by atoms with Crippen LogP contribution in [0.4, 0.5) is 14.5 Å². The molecule has 1 N–H and O–H groups in total. The molecule has 2 aromatic carbocycles. The van der Waals surface area contributed by atoms with Gasteiger partial charge in [-0.15, -0.1) is 0 Å². The van der Waals surface area contributed by atoms with Gasteiger partial charge in [-0.1, -0.05) is 28.1 Å². The Labute approximate surface area is 150 Å². The zero-order valence-corrected chi connectivity index (χ0v) is 15.2. The summed E-state index contributed by atoms with van der Waals surface area (Å²) in [6, 6.07) is 7.34. The lowest BCUT2D eigenvalue weighted by atomic mass is 10.1. The van der Waals surface area contributed by atoms with Crippen LogP contribution in [0.2, 0.25) is 0 Å². The zero-order chi connectivity index (χ0) is 18.6. The van der Waals surface area contributed by atoms with Crippen LogP contribution in [0.25, 0.3) is 0 Å². The molecular weight excluding hydrogens is 420 g/mol. The van der Waals surface area contributed by atoms with Crippen LogP contribution in [-0.4, -0.2) is 31.7 Å². The molecule has 0 radical (unpaired) electrons. The van der Waals surface area contributed by atoms with Gasteiger partial charge in [0.05, 0.1) is 0 Å². The summed E-state index contributed by atoms with van der Waals surface area (Å²) in [4.78, 5) is 9.48. The van der Waals surface area contributed by atoms with E-state index in [9.17, 15) is 27.1 Å². The van der Waals surface area contributed by atoms with Crippen molar-refractivity contribution in [1.82, 2.24) is 0 Å². The SMILES string of the molecule is CN1c2cccc(Br)c2C(O)C1(C=O)S(=O)(=O)c1cccc(F)c1F. The Balaban J connectivity index is 2.32. The first-order chi connectivity index (χ1) is 11.7. The average Bonchev–Trinajstić information content (AvgIpc) is 2.79. The van der Waals surface area contributed by atoms with E-state index in [1.807, 2.05) is 0 Å². The number of rotatable bonds is 3. The van der Waals surface area contributed by atoms with Crippen molar-refractivity contribution in [2.75, 3.05) is 11.9 Å². The van der Waals surface area contributed by atoms with E-state index in [2.05, 4.69) is 15.9 Å². The smallest absolute Gasteiger partial charge is 0.233 e. The number of hydrogen-bond donors (Lipinski definition) is 1. The zero-order valence-electron chi connectivity index (χ0n) is 12.8. The fourth-order valence-corrected chi connectivity index (χ4v) is 5.58. The Bertz CT molecular complexity index is 982. The van der Waals surface area contributed by atoms with E-state index in [-0.39, 0.29) is 17.5 Å². The van der Waals surface area contributed by atoms with Crippen molar-refractivity contribution in [1.29, 1.82) is 0 Å². The van der Waals surface area contributed by atoms with Gasteiger partial charge >= 0.3 is 0 Å². The summed E-state index contributed by atoms with van der Waals surface area (Å²) in [6.45, 7) is 0. The number of carbonyl (C=O) groups excluding carboxylic acids is 1. The molecule has 0 fully saturated rings. The normalized spacial score (nSPS) is 22.8. The molecule has 5 nitrogen and oxygen atoms in total. The monoisotopic (exact) mass is 431 g/mol. The number of fused-ring (bicyclic) bond motifs is 1. The van der Waals surface area contributed by atoms with Crippen LogP contribution in [0.3, 0.4) is 0 Å². The Morgan fingerprint density at radius 3 is 2.48 bits per heavy atom. The molecule has 2 aromatic rings. The Kier molecular flexibility index (Phi) is 4.21.